The number of esters is 1. The summed E-state index contributed by atoms with van der Waals surface area (Å²) in [5.74, 6) is 7.63. The second kappa shape index (κ2) is 16.4. The van der Waals surface area contributed by atoms with Crippen molar-refractivity contribution < 1.29 is 19.1 Å². The first-order valence-electron chi connectivity index (χ1n) is 27.5. The Kier molecular flexibility index (Phi) is 12.1. The molecule has 9 aliphatic carbocycles. The number of methoxy groups -OCH3 is 1. The third kappa shape index (κ3) is 6.88. The number of carbonyl (C=O) groups is 2. The average Bonchev–Trinajstić information content (AvgIpc) is 3.81. The molecule has 0 radical (unpaired) electrons. The molecule has 0 aromatic heterocycles. The predicted octanol–water partition coefficient (Wildman–Crippen LogP) is 15.3. The smallest absolute Gasteiger partial charge is 0.407 e. The van der Waals surface area contributed by atoms with Crippen LogP contribution < -0.4 is 5.32 Å². The number of alkyl carbamates (subject to hydrolysis) is 1. The first-order chi connectivity index (χ1) is 30.1. The fourth-order valence-electron chi connectivity index (χ4n) is 21.0. The topological polar surface area (TPSA) is 64.6 Å². The van der Waals surface area contributed by atoms with E-state index in [4.69, 9.17) is 9.47 Å². The second-order valence-electron chi connectivity index (χ2n) is 27.5. The zero-order chi connectivity index (χ0) is 46.0. The van der Waals surface area contributed by atoms with Crippen LogP contribution in [-0.4, -0.2) is 31.3 Å². The summed E-state index contributed by atoms with van der Waals surface area (Å²) >= 11 is 0. The number of rotatable bonds is 9. The molecule has 8 fully saturated rings. The number of fused-ring (bicyclic) bond motifs is 12. The van der Waals surface area contributed by atoms with Gasteiger partial charge < -0.3 is 14.8 Å². The van der Waals surface area contributed by atoms with E-state index in [9.17, 15) is 4.79 Å². The molecule has 9 rings (SSSR count). The number of hydrogen-bond donors (Lipinski definition) is 1. The normalized spacial score (nSPS) is 49.3. The van der Waals surface area contributed by atoms with Crippen molar-refractivity contribution in [2.75, 3.05) is 7.11 Å². The lowest BCUT2D eigenvalue weighted by atomic mass is 9.32. The van der Waals surface area contributed by atoms with Crippen molar-refractivity contribution in [3.05, 3.63) is 23.8 Å². The Balaban J connectivity index is 0.905. The largest absolute Gasteiger partial charge is 0.462 e. The van der Waals surface area contributed by atoms with Gasteiger partial charge in [-0.2, -0.15) is 0 Å². The molecule has 0 bridgehead atoms. The maximum absolute atomic E-state index is 15.3. The molecule has 5 nitrogen and oxygen atoms in total. The van der Waals surface area contributed by atoms with Crippen LogP contribution in [0.3, 0.4) is 0 Å². The van der Waals surface area contributed by atoms with E-state index in [1.807, 2.05) is 0 Å². The van der Waals surface area contributed by atoms with E-state index in [-0.39, 0.29) is 56.7 Å². The molecule has 1 amide bonds. The van der Waals surface area contributed by atoms with Gasteiger partial charge in [0.15, 0.2) is 0 Å². The first kappa shape index (κ1) is 47.3. The Hall–Kier alpha value is -1.78. The zero-order valence-corrected chi connectivity index (χ0v) is 43.3. The summed E-state index contributed by atoms with van der Waals surface area (Å²) in [6.07, 6.45) is 27.9. The third-order valence-corrected chi connectivity index (χ3v) is 24.5. The lowest BCUT2D eigenvalue weighted by Crippen LogP contribution is -2.68. The molecule has 0 spiro atoms. The van der Waals surface area contributed by atoms with Crippen LogP contribution in [0.15, 0.2) is 23.8 Å². The first-order valence-corrected chi connectivity index (χ1v) is 27.5. The van der Waals surface area contributed by atoms with Gasteiger partial charge in [0, 0.05) is 12.5 Å². The third-order valence-electron chi connectivity index (χ3n) is 24.5. The number of allylic oxidation sites excluding steroid dienone is 2. The summed E-state index contributed by atoms with van der Waals surface area (Å²) in [5.41, 5.74) is 3.91. The van der Waals surface area contributed by atoms with Crippen molar-refractivity contribution in [3.63, 3.8) is 0 Å². The molecule has 8 saturated carbocycles. The highest BCUT2D eigenvalue weighted by atomic mass is 16.5. The molecule has 0 aromatic carbocycles. The number of nitrogens with one attached hydrogen (secondary N) is 1. The monoisotopic (exact) mass is 882 g/mol. The van der Waals surface area contributed by atoms with Gasteiger partial charge in [0.25, 0.3) is 0 Å². The molecule has 3 unspecified atom stereocenters. The van der Waals surface area contributed by atoms with Crippen LogP contribution in [0.5, 0.6) is 0 Å². The van der Waals surface area contributed by atoms with Crippen LogP contribution in [0.25, 0.3) is 0 Å². The van der Waals surface area contributed by atoms with Gasteiger partial charge in [-0.25, -0.2) is 4.79 Å². The number of ether oxygens (including phenoxy) is 2. The van der Waals surface area contributed by atoms with E-state index in [1.165, 1.54) is 96.2 Å². The van der Waals surface area contributed by atoms with Gasteiger partial charge in [-0.1, -0.05) is 112 Å². The molecule has 18 atom stereocenters. The van der Waals surface area contributed by atoms with Crippen molar-refractivity contribution in [1.82, 2.24) is 5.32 Å². The highest BCUT2D eigenvalue weighted by molar-refractivity contribution is 5.78. The summed E-state index contributed by atoms with van der Waals surface area (Å²) in [4.78, 5) is 27.8. The quantitative estimate of drug-likeness (QED) is 0.185. The van der Waals surface area contributed by atoms with Gasteiger partial charge >= 0.3 is 12.1 Å². The van der Waals surface area contributed by atoms with Crippen molar-refractivity contribution in [2.45, 2.75) is 223 Å². The molecular weight excluding hydrogens is 787 g/mol. The highest BCUT2D eigenvalue weighted by Crippen LogP contribution is 2.78. The van der Waals surface area contributed by atoms with Gasteiger partial charge in [-0.05, 0) is 214 Å². The molecule has 0 aromatic rings. The molecule has 64 heavy (non-hydrogen) atoms. The molecule has 5 heteroatoms. The minimum atomic E-state index is -0.386. The predicted molar refractivity (Wildman–Crippen MR) is 261 cm³/mol. The molecule has 0 heterocycles. The van der Waals surface area contributed by atoms with Gasteiger partial charge in [0.1, 0.15) is 6.10 Å². The van der Waals surface area contributed by atoms with E-state index in [1.54, 1.807) is 5.57 Å². The van der Waals surface area contributed by atoms with Crippen LogP contribution in [-0.2, 0) is 14.3 Å². The Morgan fingerprint density at radius 2 is 1.48 bits per heavy atom. The van der Waals surface area contributed by atoms with Crippen molar-refractivity contribution in [2.24, 2.45) is 103 Å². The van der Waals surface area contributed by atoms with Crippen LogP contribution in [0.4, 0.5) is 4.79 Å². The van der Waals surface area contributed by atoms with Crippen LogP contribution >= 0.6 is 0 Å². The Morgan fingerprint density at radius 1 is 0.750 bits per heavy atom. The van der Waals surface area contributed by atoms with E-state index < -0.39 is 0 Å². The summed E-state index contributed by atoms with van der Waals surface area (Å²) in [6, 6.07) is 0.135. The maximum atomic E-state index is 15.3. The second-order valence-corrected chi connectivity index (χ2v) is 27.5. The van der Waals surface area contributed by atoms with E-state index >= 15 is 4.79 Å². The van der Waals surface area contributed by atoms with E-state index in [0.717, 1.165) is 86.9 Å². The van der Waals surface area contributed by atoms with Gasteiger partial charge in [-0.15, -0.1) is 0 Å². The molecule has 360 valence electrons. The average molecular weight is 882 g/mol. The Morgan fingerprint density at radius 3 is 2.20 bits per heavy atom. The van der Waals surface area contributed by atoms with Gasteiger partial charge in [-0.3, -0.25) is 4.79 Å². The zero-order valence-electron chi connectivity index (χ0n) is 43.3. The minimum absolute atomic E-state index is 0.00315. The fraction of sp³-hybridized carbons (Fsp3) is 0.898. The lowest BCUT2D eigenvalue weighted by Gasteiger charge is -2.73. The van der Waals surface area contributed by atoms with Crippen LogP contribution in [0, 0.1) is 103 Å². The fourth-order valence-corrected chi connectivity index (χ4v) is 21.0. The van der Waals surface area contributed by atoms with Gasteiger partial charge in [0.05, 0.1) is 12.5 Å². The Bertz CT molecular complexity index is 1850. The molecule has 1 N–H and O–H groups in total. The Labute approximate surface area is 392 Å². The van der Waals surface area contributed by atoms with Crippen molar-refractivity contribution in [3.8, 4) is 0 Å². The molecular formula is C59H95NO4. The number of amides is 1. The molecule has 0 saturated heterocycles. The summed E-state index contributed by atoms with van der Waals surface area (Å²) in [7, 11) is 1.49. The highest BCUT2D eigenvalue weighted by Gasteiger charge is 2.72. The van der Waals surface area contributed by atoms with Crippen LogP contribution in [0.2, 0.25) is 0 Å². The minimum Gasteiger partial charge on any atom is -0.462 e. The summed E-state index contributed by atoms with van der Waals surface area (Å²) < 4.78 is 12.1. The van der Waals surface area contributed by atoms with E-state index in [0.29, 0.717) is 35.0 Å². The SMILES string of the molecule is C=C(C)[C@@H]1CC[C@]2(C(=O)O[C@H]3CC[C@@]4(C)C(=CC[C@H]5[C@@H]6CC[C@H]([C@H](C)CCCC(C)C)[C@@]6(C)CC[C@@H]54)C3)CC[C@]3(C)[C@H](CC[C@@H]4[C@@]5(C)CCC(NC(=O)OC)C(C)(C)C5CC[C@]43C)C12. The molecule has 0 aliphatic heterocycles. The van der Waals surface area contributed by atoms with Crippen molar-refractivity contribution >= 4 is 12.1 Å². The molecule has 9 aliphatic rings. The van der Waals surface area contributed by atoms with Crippen LogP contribution in [0.1, 0.15) is 211 Å². The standard InChI is InChI=1S/C59H95NO4/c1-36(2)15-14-16-38(5)43-19-20-44-42-18-17-39-35-40(23-28-54(39,8)45(42)25-29-55(43,44)9)64-51(61)59-32-24-41(37(3)4)50(59)46-21-22-48-56(10)30-27-49(60-52(62)63-13)53(6,7)47(56)26-31-58(48,12)57(46,11)33-34-59/h17,36,38,40-50H,3,14-16,18-35H2,1-2,4-13H3,(H,60,62)/t38-,40+,41+,42+,43-,44+,45+,46-,47?,48-,49?,50?,54+,55-,56+,57-,58-,59+/m1/s1. The summed E-state index contributed by atoms with van der Waals surface area (Å²) in [6.45, 7) is 32.5. The maximum Gasteiger partial charge on any atom is 0.407 e. The lowest BCUT2D eigenvalue weighted by molar-refractivity contribution is -0.241. The van der Waals surface area contributed by atoms with Gasteiger partial charge in [0.2, 0.25) is 0 Å². The van der Waals surface area contributed by atoms with E-state index in [2.05, 4.69) is 94.1 Å². The number of hydrogen-bond acceptors (Lipinski definition) is 4. The summed E-state index contributed by atoms with van der Waals surface area (Å²) in [5, 5.41) is 3.26. The number of carbonyl (C=O) groups excluding carboxylic acids is 2. The van der Waals surface area contributed by atoms with Crippen molar-refractivity contribution in [1.29, 1.82) is 0 Å².